The number of benzene rings is 2. The number of carbonyl (C=O) groups excluding carboxylic acids is 1. The molecule has 2 aromatic rings. The highest BCUT2D eigenvalue weighted by atomic mass is 127. The molecule has 7 heteroatoms. The summed E-state index contributed by atoms with van der Waals surface area (Å²) >= 11 is 2.14. The van der Waals surface area contributed by atoms with Gasteiger partial charge in [0.1, 0.15) is 0 Å². The Bertz CT molecular complexity index is 755. The van der Waals surface area contributed by atoms with Gasteiger partial charge in [-0.15, -0.1) is 0 Å². The summed E-state index contributed by atoms with van der Waals surface area (Å²) in [4.78, 5) is 12.2. The molecule has 0 aliphatic carbocycles. The number of hydrogen-bond acceptors (Lipinski definition) is 2. The van der Waals surface area contributed by atoms with Gasteiger partial charge < -0.3 is 10.4 Å². The van der Waals surface area contributed by atoms with Crippen molar-refractivity contribution < 1.29 is 23.1 Å². The molecular formula is C17H15F3INO2. The molecule has 1 atom stereocenters. The standard InChI is InChI=1S/C17H15F3INO2/c1-10-9-12(21)5-8-14(10)15(23)22-13-6-3-11(4-7-13)16(2,24)17(18,19)20/h3-9,24H,1-2H3,(H,22,23). The molecule has 0 saturated carbocycles. The van der Waals surface area contributed by atoms with E-state index in [4.69, 9.17) is 0 Å². The quantitative estimate of drug-likeness (QED) is 0.673. The van der Waals surface area contributed by atoms with E-state index in [2.05, 4.69) is 27.9 Å². The maximum atomic E-state index is 12.8. The Balaban J connectivity index is 2.19. The summed E-state index contributed by atoms with van der Waals surface area (Å²) in [6, 6.07) is 10.3. The SMILES string of the molecule is Cc1cc(I)ccc1C(=O)Nc1ccc(C(C)(O)C(F)(F)F)cc1. The van der Waals surface area contributed by atoms with Gasteiger partial charge in [-0.3, -0.25) is 4.79 Å². The average molecular weight is 449 g/mol. The van der Waals surface area contributed by atoms with E-state index < -0.39 is 11.8 Å². The van der Waals surface area contributed by atoms with E-state index in [1.165, 1.54) is 12.1 Å². The zero-order valence-electron chi connectivity index (χ0n) is 12.9. The van der Waals surface area contributed by atoms with Crippen LogP contribution in [0.25, 0.3) is 0 Å². The number of alkyl halides is 3. The minimum Gasteiger partial charge on any atom is -0.376 e. The first-order valence-electron chi connectivity index (χ1n) is 6.99. The van der Waals surface area contributed by atoms with Gasteiger partial charge in [-0.2, -0.15) is 13.2 Å². The summed E-state index contributed by atoms with van der Waals surface area (Å²) in [6.07, 6.45) is -4.78. The number of aliphatic hydroxyl groups is 1. The Morgan fingerprint density at radius 1 is 1.12 bits per heavy atom. The highest BCUT2D eigenvalue weighted by Gasteiger charge is 2.51. The van der Waals surface area contributed by atoms with Crippen molar-refractivity contribution >= 4 is 34.2 Å². The van der Waals surface area contributed by atoms with Crippen molar-refractivity contribution in [2.24, 2.45) is 0 Å². The largest absolute Gasteiger partial charge is 0.421 e. The van der Waals surface area contributed by atoms with Gasteiger partial charge in [-0.25, -0.2) is 0 Å². The van der Waals surface area contributed by atoms with Crippen LogP contribution in [0.2, 0.25) is 0 Å². The predicted octanol–water partition coefficient (Wildman–Crippen LogP) is 4.62. The molecule has 0 radical (unpaired) electrons. The topological polar surface area (TPSA) is 49.3 Å². The average Bonchev–Trinajstić information content (AvgIpc) is 2.46. The second-order valence-corrected chi connectivity index (χ2v) is 6.81. The second kappa shape index (κ2) is 6.72. The molecule has 0 aromatic heterocycles. The summed E-state index contributed by atoms with van der Waals surface area (Å²) in [5.74, 6) is -0.348. The number of anilines is 1. The summed E-state index contributed by atoms with van der Waals surface area (Å²) in [5, 5.41) is 12.3. The molecule has 3 nitrogen and oxygen atoms in total. The van der Waals surface area contributed by atoms with E-state index >= 15 is 0 Å². The van der Waals surface area contributed by atoms with Crippen molar-refractivity contribution in [1.29, 1.82) is 0 Å². The Kier molecular flexibility index (Phi) is 5.24. The molecule has 2 rings (SSSR count). The molecule has 0 fully saturated rings. The number of hydrogen-bond donors (Lipinski definition) is 2. The van der Waals surface area contributed by atoms with Gasteiger partial charge in [-0.1, -0.05) is 12.1 Å². The molecule has 0 aliphatic rings. The molecule has 0 spiro atoms. The fourth-order valence-corrected chi connectivity index (χ4v) is 2.77. The van der Waals surface area contributed by atoms with Crippen LogP contribution in [0.3, 0.4) is 0 Å². The lowest BCUT2D eigenvalue weighted by Crippen LogP contribution is -2.39. The van der Waals surface area contributed by atoms with Gasteiger partial charge in [0.25, 0.3) is 5.91 Å². The Labute approximate surface area is 151 Å². The number of halogens is 4. The second-order valence-electron chi connectivity index (χ2n) is 5.56. The van der Waals surface area contributed by atoms with E-state index in [1.54, 1.807) is 19.1 Å². The molecule has 2 aromatic carbocycles. The first-order chi connectivity index (χ1) is 11.0. The molecule has 0 aliphatic heterocycles. The molecular weight excluding hydrogens is 434 g/mol. The Hall–Kier alpha value is -1.61. The van der Waals surface area contributed by atoms with E-state index in [1.807, 2.05) is 6.07 Å². The first kappa shape index (κ1) is 18.7. The lowest BCUT2D eigenvalue weighted by Gasteiger charge is -2.26. The van der Waals surface area contributed by atoms with Gasteiger partial charge in [0.15, 0.2) is 5.60 Å². The zero-order chi connectivity index (χ0) is 18.1. The van der Waals surface area contributed by atoms with Crippen LogP contribution < -0.4 is 5.32 Å². The van der Waals surface area contributed by atoms with Crippen LogP contribution in [0.5, 0.6) is 0 Å². The maximum absolute atomic E-state index is 12.8. The van der Waals surface area contributed by atoms with Gasteiger partial charge in [0.05, 0.1) is 0 Å². The van der Waals surface area contributed by atoms with Gasteiger partial charge >= 0.3 is 6.18 Å². The monoisotopic (exact) mass is 449 g/mol. The lowest BCUT2D eigenvalue weighted by molar-refractivity contribution is -0.258. The molecule has 128 valence electrons. The van der Waals surface area contributed by atoms with Crippen LogP contribution in [0.15, 0.2) is 42.5 Å². The van der Waals surface area contributed by atoms with Crippen LogP contribution in [0.1, 0.15) is 28.4 Å². The lowest BCUT2D eigenvalue weighted by atomic mass is 9.95. The molecule has 1 unspecified atom stereocenters. The van der Waals surface area contributed by atoms with Gasteiger partial charge in [-0.05, 0) is 77.9 Å². The summed E-state index contributed by atoms with van der Waals surface area (Å²) in [5.41, 5.74) is -1.60. The van der Waals surface area contributed by atoms with Crippen molar-refractivity contribution in [3.8, 4) is 0 Å². The summed E-state index contributed by atoms with van der Waals surface area (Å²) in [7, 11) is 0. The predicted molar refractivity (Wildman–Crippen MR) is 93.9 cm³/mol. The molecule has 0 bridgehead atoms. The van der Waals surface area contributed by atoms with Crippen molar-refractivity contribution in [3.63, 3.8) is 0 Å². The maximum Gasteiger partial charge on any atom is 0.421 e. The van der Waals surface area contributed by atoms with Gasteiger partial charge in [0, 0.05) is 14.8 Å². The molecule has 2 N–H and O–H groups in total. The highest BCUT2D eigenvalue weighted by Crippen LogP contribution is 2.38. The number of amides is 1. The van der Waals surface area contributed by atoms with Crippen molar-refractivity contribution in [1.82, 2.24) is 0 Å². The van der Waals surface area contributed by atoms with E-state index in [9.17, 15) is 23.1 Å². The number of carbonyl (C=O) groups is 1. The number of nitrogens with one attached hydrogen (secondary N) is 1. The Morgan fingerprint density at radius 2 is 1.71 bits per heavy atom. The van der Waals surface area contributed by atoms with E-state index in [-0.39, 0.29) is 11.5 Å². The summed E-state index contributed by atoms with van der Waals surface area (Å²) in [6.45, 7) is 2.50. The third-order valence-corrected chi connectivity index (χ3v) is 4.36. The van der Waals surface area contributed by atoms with Crippen molar-refractivity contribution in [3.05, 3.63) is 62.7 Å². The first-order valence-corrected chi connectivity index (χ1v) is 8.07. The minimum atomic E-state index is -4.78. The van der Waals surface area contributed by atoms with Crippen LogP contribution in [0.4, 0.5) is 18.9 Å². The minimum absolute atomic E-state index is 0.293. The van der Waals surface area contributed by atoms with Gasteiger partial charge in [0.2, 0.25) is 0 Å². The third-order valence-electron chi connectivity index (χ3n) is 3.69. The zero-order valence-corrected chi connectivity index (χ0v) is 15.1. The molecule has 24 heavy (non-hydrogen) atoms. The van der Waals surface area contributed by atoms with Crippen molar-refractivity contribution in [2.45, 2.75) is 25.6 Å². The van der Waals surface area contributed by atoms with E-state index in [0.717, 1.165) is 21.3 Å². The number of aryl methyl sites for hydroxylation is 1. The normalized spacial score (nSPS) is 14.1. The fourth-order valence-electron chi connectivity index (χ4n) is 2.12. The fraction of sp³-hybridized carbons (Fsp3) is 0.235. The van der Waals surface area contributed by atoms with Crippen LogP contribution in [-0.2, 0) is 5.60 Å². The summed E-state index contributed by atoms with van der Waals surface area (Å²) < 4.78 is 39.4. The molecule has 1 amide bonds. The molecule has 0 saturated heterocycles. The Morgan fingerprint density at radius 3 is 2.21 bits per heavy atom. The highest BCUT2D eigenvalue weighted by molar-refractivity contribution is 14.1. The smallest absolute Gasteiger partial charge is 0.376 e. The van der Waals surface area contributed by atoms with Crippen LogP contribution in [-0.4, -0.2) is 17.2 Å². The third kappa shape index (κ3) is 3.89. The van der Waals surface area contributed by atoms with Crippen LogP contribution >= 0.6 is 22.6 Å². The van der Waals surface area contributed by atoms with E-state index in [0.29, 0.717) is 18.2 Å². The van der Waals surface area contributed by atoms with Crippen LogP contribution in [0, 0.1) is 10.5 Å². The number of rotatable bonds is 3. The molecule has 0 heterocycles. The van der Waals surface area contributed by atoms with Crippen molar-refractivity contribution in [2.75, 3.05) is 5.32 Å².